The molecule has 3 nitrogen and oxygen atoms in total. The summed E-state index contributed by atoms with van der Waals surface area (Å²) in [6.45, 7) is 2.42. The van der Waals surface area contributed by atoms with E-state index in [0.717, 1.165) is 19.3 Å². The molecule has 21 heavy (non-hydrogen) atoms. The number of aliphatic hydroxyl groups excluding tert-OH is 1. The van der Waals surface area contributed by atoms with Crippen molar-refractivity contribution >= 4 is 5.91 Å². The molecule has 2 aliphatic rings. The predicted octanol–water partition coefficient (Wildman–Crippen LogP) is 2.51. The van der Waals surface area contributed by atoms with Gasteiger partial charge in [-0.2, -0.15) is 0 Å². The monoisotopic (exact) mass is 287 g/mol. The van der Waals surface area contributed by atoms with Crippen molar-refractivity contribution in [3.05, 3.63) is 35.4 Å². The molecule has 3 heteroatoms. The van der Waals surface area contributed by atoms with Crippen molar-refractivity contribution < 1.29 is 9.90 Å². The quantitative estimate of drug-likeness (QED) is 0.924. The maximum absolute atomic E-state index is 12.6. The van der Waals surface area contributed by atoms with E-state index in [4.69, 9.17) is 0 Å². The minimum absolute atomic E-state index is 0.116. The zero-order chi connectivity index (χ0) is 15.0. The first-order chi connectivity index (χ1) is 10.0. The van der Waals surface area contributed by atoms with Gasteiger partial charge in [0.2, 0.25) is 5.91 Å². The van der Waals surface area contributed by atoms with Gasteiger partial charge in [-0.1, -0.05) is 24.3 Å². The first-order valence-corrected chi connectivity index (χ1v) is 8.06. The summed E-state index contributed by atoms with van der Waals surface area (Å²) >= 11 is 0. The molecular weight excluding hydrogens is 262 g/mol. The lowest BCUT2D eigenvalue weighted by atomic mass is 9.78. The Bertz CT molecular complexity index is 540. The standard InChI is InChI=1S/C18H25NO2/c1-13(20)9-11-19(2)17(21)16-12-18(16)10-5-7-14-6-3-4-8-15(14)18/h3-4,6,8,13,16,20H,5,7,9-12H2,1-2H3. The normalized spacial score (nSPS) is 28.0. The molecule has 1 spiro atoms. The molecule has 0 heterocycles. The molecule has 0 aromatic heterocycles. The highest BCUT2D eigenvalue weighted by atomic mass is 16.3. The highest BCUT2D eigenvalue weighted by Crippen LogP contribution is 2.60. The van der Waals surface area contributed by atoms with E-state index in [1.165, 1.54) is 17.5 Å². The van der Waals surface area contributed by atoms with E-state index < -0.39 is 0 Å². The molecule has 0 radical (unpaired) electrons. The Balaban J connectivity index is 1.72. The van der Waals surface area contributed by atoms with Crippen LogP contribution in [0.2, 0.25) is 0 Å². The SMILES string of the molecule is CC(O)CCN(C)C(=O)C1CC12CCCc1ccccc12. The molecule has 1 fully saturated rings. The first-order valence-electron chi connectivity index (χ1n) is 8.06. The van der Waals surface area contributed by atoms with E-state index in [9.17, 15) is 9.90 Å². The number of hydrogen-bond acceptors (Lipinski definition) is 2. The minimum Gasteiger partial charge on any atom is -0.393 e. The second kappa shape index (κ2) is 5.45. The zero-order valence-electron chi connectivity index (χ0n) is 13.0. The summed E-state index contributed by atoms with van der Waals surface area (Å²) in [5, 5.41) is 9.37. The van der Waals surface area contributed by atoms with Crippen LogP contribution in [0.25, 0.3) is 0 Å². The van der Waals surface area contributed by atoms with Gasteiger partial charge in [0.05, 0.1) is 6.10 Å². The smallest absolute Gasteiger partial charge is 0.226 e. The van der Waals surface area contributed by atoms with Crippen molar-refractivity contribution in [2.24, 2.45) is 5.92 Å². The Morgan fingerprint density at radius 3 is 3.00 bits per heavy atom. The van der Waals surface area contributed by atoms with Crippen LogP contribution in [0.1, 0.15) is 43.7 Å². The molecule has 1 aromatic carbocycles. The third-order valence-electron chi connectivity index (χ3n) is 5.25. The van der Waals surface area contributed by atoms with Crippen LogP contribution >= 0.6 is 0 Å². The maximum Gasteiger partial charge on any atom is 0.226 e. The predicted molar refractivity (Wildman–Crippen MR) is 83.1 cm³/mol. The third kappa shape index (κ3) is 2.59. The number of hydrogen-bond donors (Lipinski definition) is 1. The molecule has 114 valence electrons. The van der Waals surface area contributed by atoms with E-state index in [0.29, 0.717) is 13.0 Å². The van der Waals surface area contributed by atoms with E-state index in [2.05, 4.69) is 24.3 Å². The van der Waals surface area contributed by atoms with Gasteiger partial charge in [0.25, 0.3) is 0 Å². The number of aliphatic hydroxyl groups is 1. The van der Waals surface area contributed by atoms with Gasteiger partial charge in [-0.15, -0.1) is 0 Å². The van der Waals surface area contributed by atoms with Crippen LogP contribution in [0.4, 0.5) is 0 Å². The second-order valence-corrected chi connectivity index (χ2v) is 6.82. The van der Waals surface area contributed by atoms with Crippen LogP contribution in [-0.2, 0) is 16.6 Å². The fraction of sp³-hybridized carbons (Fsp3) is 0.611. The van der Waals surface area contributed by atoms with Gasteiger partial charge in [0, 0.05) is 24.9 Å². The van der Waals surface area contributed by atoms with Gasteiger partial charge >= 0.3 is 0 Å². The summed E-state index contributed by atoms with van der Waals surface area (Å²) in [6, 6.07) is 8.64. The molecule has 1 aromatic rings. The summed E-state index contributed by atoms with van der Waals surface area (Å²) in [6.07, 6.45) is 4.80. The molecule has 0 aliphatic heterocycles. The summed E-state index contributed by atoms with van der Waals surface area (Å²) in [7, 11) is 1.87. The number of carbonyl (C=O) groups excluding carboxylic acids is 1. The molecular formula is C18H25NO2. The average molecular weight is 287 g/mol. The van der Waals surface area contributed by atoms with Crippen LogP contribution in [-0.4, -0.2) is 35.6 Å². The highest BCUT2D eigenvalue weighted by Gasteiger charge is 2.60. The second-order valence-electron chi connectivity index (χ2n) is 6.82. The lowest BCUT2D eigenvalue weighted by molar-refractivity contribution is -0.132. The number of amides is 1. The number of nitrogens with zero attached hydrogens (tertiary/aromatic N) is 1. The molecule has 2 aliphatic carbocycles. The zero-order valence-corrected chi connectivity index (χ0v) is 13.0. The van der Waals surface area contributed by atoms with Crippen molar-refractivity contribution in [3.63, 3.8) is 0 Å². The molecule has 0 bridgehead atoms. The minimum atomic E-state index is -0.344. The van der Waals surface area contributed by atoms with E-state index in [-0.39, 0.29) is 23.3 Å². The molecule has 3 rings (SSSR count). The summed E-state index contributed by atoms with van der Waals surface area (Å²) in [5.74, 6) is 0.408. The molecule has 1 N–H and O–H groups in total. The van der Waals surface area contributed by atoms with Gasteiger partial charge in [0.15, 0.2) is 0 Å². The topological polar surface area (TPSA) is 40.5 Å². The van der Waals surface area contributed by atoms with Crippen LogP contribution in [0.15, 0.2) is 24.3 Å². The fourth-order valence-corrected chi connectivity index (χ4v) is 3.91. The molecule has 1 saturated carbocycles. The average Bonchev–Trinajstić information content (AvgIpc) is 3.19. The summed E-state index contributed by atoms with van der Waals surface area (Å²) in [5.41, 5.74) is 2.97. The van der Waals surface area contributed by atoms with Gasteiger partial charge in [-0.3, -0.25) is 4.79 Å². The Labute approximate surface area is 127 Å². The third-order valence-corrected chi connectivity index (χ3v) is 5.25. The van der Waals surface area contributed by atoms with Crippen LogP contribution in [0.5, 0.6) is 0 Å². The maximum atomic E-state index is 12.6. The van der Waals surface area contributed by atoms with Gasteiger partial charge in [-0.05, 0) is 50.2 Å². The highest BCUT2D eigenvalue weighted by molar-refractivity contribution is 5.84. The fourth-order valence-electron chi connectivity index (χ4n) is 3.91. The number of rotatable bonds is 4. The van der Waals surface area contributed by atoms with E-state index in [1.54, 1.807) is 6.92 Å². The van der Waals surface area contributed by atoms with Crippen LogP contribution < -0.4 is 0 Å². The van der Waals surface area contributed by atoms with Crippen molar-refractivity contribution in [2.75, 3.05) is 13.6 Å². The Morgan fingerprint density at radius 1 is 1.48 bits per heavy atom. The lowest BCUT2D eigenvalue weighted by Crippen LogP contribution is -2.33. The van der Waals surface area contributed by atoms with Crippen molar-refractivity contribution in [1.29, 1.82) is 0 Å². The Morgan fingerprint density at radius 2 is 2.24 bits per heavy atom. The van der Waals surface area contributed by atoms with Crippen molar-refractivity contribution in [3.8, 4) is 0 Å². The largest absolute Gasteiger partial charge is 0.393 e. The van der Waals surface area contributed by atoms with Crippen LogP contribution in [0.3, 0.4) is 0 Å². The molecule has 3 unspecified atom stereocenters. The summed E-state index contributed by atoms with van der Waals surface area (Å²) in [4.78, 5) is 14.5. The van der Waals surface area contributed by atoms with Crippen LogP contribution in [0, 0.1) is 5.92 Å². The first kappa shape index (κ1) is 14.6. The lowest BCUT2D eigenvalue weighted by Gasteiger charge is -2.27. The van der Waals surface area contributed by atoms with Crippen molar-refractivity contribution in [2.45, 2.75) is 50.5 Å². The van der Waals surface area contributed by atoms with Crippen molar-refractivity contribution in [1.82, 2.24) is 4.90 Å². The molecule has 1 amide bonds. The van der Waals surface area contributed by atoms with E-state index in [1.807, 2.05) is 11.9 Å². The number of fused-ring (bicyclic) bond motifs is 2. The van der Waals surface area contributed by atoms with Gasteiger partial charge in [-0.25, -0.2) is 0 Å². The number of benzene rings is 1. The van der Waals surface area contributed by atoms with Gasteiger partial charge in [0.1, 0.15) is 0 Å². The number of carbonyl (C=O) groups is 1. The Kier molecular flexibility index (Phi) is 3.78. The molecule has 3 atom stereocenters. The van der Waals surface area contributed by atoms with Gasteiger partial charge < -0.3 is 10.0 Å². The van der Waals surface area contributed by atoms with E-state index >= 15 is 0 Å². The Hall–Kier alpha value is -1.35. The summed E-state index contributed by atoms with van der Waals surface area (Å²) < 4.78 is 0. The molecule has 0 saturated heterocycles. The number of aryl methyl sites for hydroxylation is 1.